The van der Waals surface area contributed by atoms with Gasteiger partial charge in [-0.15, -0.1) is 11.3 Å². The summed E-state index contributed by atoms with van der Waals surface area (Å²) < 4.78 is 2.42. The molecule has 3 heterocycles. The maximum Gasteiger partial charge on any atom is 0.0912 e. The van der Waals surface area contributed by atoms with Crippen LogP contribution < -0.4 is 4.90 Å². The van der Waals surface area contributed by atoms with Gasteiger partial charge in [0, 0.05) is 40.8 Å². The number of aryl methyl sites for hydroxylation is 3. The van der Waals surface area contributed by atoms with Crippen LogP contribution in [0.3, 0.4) is 0 Å². The molecule has 3 nitrogen and oxygen atoms in total. The molecular weight excluding hydrogens is 432 g/mol. The number of benzene rings is 1. The van der Waals surface area contributed by atoms with E-state index in [0.29, 0.717) is 12.5 Å². The van der Waals surface area contributed by atoms with E-state index >= 15 is 0 Å². The standard InChI is InChI=1S/C23H27BrN2OS/c1-14-10-18(24)11-15(2)21(14)19-13-28-23-20(12-16(3)25-22(19)23)26-7-4-17(5-8-26)6-9-27/h10-13,17,27H,4-9H2,1-3H3. The summed E-state index contributed by atoms with van der Waals surface area (Å²) in [7, 11) is 0. The average Bonchev–Trinajstić information content (AvgIpc) is 3.05. The Labute approximate surface area is 179 Å². The van der Waals surface area contributed by atoms with E-state index in [4.69, 9.17) is 4.98 Å². The topological polar surface area (TPSA) is 36.4 Å². The monoisotopic (exact) mass is 458 g/mol. The number of thiophene rings is 1. The molecule has 1 saturated heterocycles. The third kappa shape index (κ3) is 3.72. The van der Waals surface area contributed by atoms with Gasteiger partial charge in [0.15, 0.2) is 0 Å². The number of aromatic nitrogens is 1. The lowest BCUT2D eigenvalue weighted by Gasteiger charge is -2.33. The number of rotatable bonds is 4. The summed E-state index contributed by atoms with van der Waals surface area (Å²) in [5.74, 6) is 0.659. The second-order valence-electron chi connectivity index (χ2n) is 7.97. The number of hydrogen-bond acceptors (Lipinski definition) is 4. The number of aliphatic hydroxyl groups is 1. The van der Waals surface area contributed by atoms with Gasteiger partial charge < -0.3 is 10.0 Å². The number of anilines is 1. The van der Waals surface area contributed by atoms with Crippen LogP contribution in [-0.2, 0) is 0 Å². The van der Waals surface area contributed by atoms with E-state index in [2.05, 4.69) is 65.2 Å². The maximum atomic E-state index is 9.23. The molecule has 0 radical (unpaired) electrons. The van der Waals surface area contributed by atoms with Crippen LogP contribution in [-0.4, -0.2) is 29.8 Å². The van der Waals surface area contributed by atoms with Crippen LogP contribution in [0.4, 0.5) is 5.69 Å². The zero-order chi connectivity index (χ0) is 19.8. The second kappa shape index (κ2) is 8.13. The van der Waals surface area contributed by atoms with Gasteiger partial charge in [0.2, 0.25) is 0 Å². The average molecular weight is 459 g/mol. The molecule has 28 heavy (non-hydrogen) atoms. The molecule has 0 spiro atoms. The van der Waals surface area contributed by atoms with Gasteiger partial charge in [0.25, 0.3) is 0 Å². The molecule has 1 fully saturated rings. The third-order valence-corrected chi connectivity index (χ3v) is 7.34. The summed E-state index contributed by atoms with van der Waals surface area (Å²) in [6.45, 7) is 8.89. The van der Waals surface area contributed by atoms with Crippen LogP contribution in [0.1, 0.15) is 36.1 Å². The Bertz CT molecular complexity index is 982. The lowest BCUT2D eigenvalue weighted by Crippen LogP contribution is -2.34. The number of halogens is 1. The van der Waals surface area contributed by atoms with Crippen LogP contribution in [0, 0.1) is 26.7 Å². The van der Waals surface area contributed by atoms with Crippen LogP contribution in [0.25, 0.3) is 21.3 Å². The van der Waals surface area contributed by atoms with Crippen molar-refractivity contribution in [2.75, 3.05) is 24.6 Å². The first-order valence-electron chi connectivity index (χ1n) is 9.99. The predicted octanol–water partition coefficient (Wildman–Crippen LogP) is 6.25. The summed E-state index contributed by atoms with van der Waals surface area (Å²) in [5, 5.41) is 11.5. The molecule has 0 amide bonds. The highest BCUT2D eigenvalue weighted by molar-refractivity contribution is 9.10. The van der Waals surface area contributed by atoms with Crippen molar-refractivity contribution >= 4 is 43.2 Å². The zero-order valence-electron chi connectivity index (χ0n) is 16.8. The Morgan fingerprint density at radius 3 is 2.46 bits per heavy atom. The maximum absolute atomic E-state index is 9.23. The molecule has 4 rings (SSSR count). The fourth-order valence-electron chi connectivity index (χ4n) is 4.51. The Kier molecular flexibility index (Phi) is 5.77. The second-order valence-corrected chi connectivity index (χ2v) is 9.76. The fourth-order valence-corrected chi connectivity index (χ4v) is 6.24. The summed E-state index contributed by atoms with van der Waals surface area (Å²) >= 11 is 5.43. The van der Waals surface area contributed by atoms with E-state index < -0.39 is 0 Å². The summed E-state index contributed by atoms with van der Waals surface area (Å²) in [6.07, 6.45) is 3.25. The van der Waals surface area contributed by atoms with Crippen molar-refractivity contribution < 1.29 is 5.11 Å². The summed E-state index contributed by atoms with van der Waals surface area (Å²) in [5.41, 5.74) is 8.65. The number of fused-ring (bicyclic) bond motifs is 1. The van der Waals surface area contributed by atoms with E-state index in [-0.39, 0.29) is 0 Å². The van der Waals surface area contributed by atoms with Crippen molar-refractivity contribution in [1.29, 1.82) is 0 Å². The predicted molar refractivity (Wildman–Crippen MR) is 124 cm³/mol. The van der Waals surface area contributed by atoms with Gasteiger partial charge in [-0.3, -0.25) is 4.98 Å². The van der Waals surface area contributed by atoms with E-state index in [1.807, 2.05) is 11.3 Å². The highest BCUT2D eigenvalue weighted by Crippen LogP contribution is 2.42. The Morgan fingerprint density at radius 1 is 1.14 bits per heavy atom. The van der Waals surface area contributed by atoms with Crippen molar-refractivity contribution in [3.05, 3.63) is 44.9 Å². The van der Waals surface area contributed by atoms with Crippen molar-refractivity contribution in [3.8, 4) is 11.1 Å². The van der Waals surface area contributed by atoms with Crippen molar-refractivity contribution in [3.63, 3.8) is 0 Å². The third-order valence-electron chi connectivity index (χ3n) is 5.89. The SMILES string of the molecule is Cc1cc(N2CCC(CCO)CC2)c2scc(-c3c(C)cc(Br)cc3C)c2n1. The van der Waals surface area contributed by atoms with E-state index in [9.17, 15) is 5.11 Å². The van der Waals surface area contributed by atoms with E-state index in [1.165, 1.54) is 32.6 Å². The molecule has 1 aromatic carbocycles. The molecule has 2 aromatic heterocycles. The van der Waals surface area contributed by atoms with Crippen molar-refractivity contribution in [2.24, 2.45) is 5.92 Å². The van der Waals surface area contributed by atoms with Crippen LogP contribution in [0.2, 0.25) is 0 Å². The largest absolute Gasteiger partial charge is 0.396 e. The molecule has 1 N–H and O–H groups in total. The molecule has 5 heteroatoms. The van der Waals surface area contributed by atoms with Crippen LogP contribution >= 0.6 is 27.3 Å². The quantitative estimate of drug-likeness (QED) is 0.501. The number of aliphatic hydroxyl groups excluding tert-OH is 1. The van der Waals surface area contributed by atoms with Crippen LogP contribution in [0.5, 0.6) is 0 Å². The molecule has 0 aliphatic carbocycles. The fraction of sp³-hybridized carbons (Fsp3) is 0.435. The summed E-state index contributed by atoms with van der Waals surface area (Å²) in [6, 6.07) is 6.62. The molecule has 0 atom stereocenters. The summed E-state index contributed by atoms with van der Waals surface area (Å²) in [4.78, 5) is 7.48. The number of nitrogens with zero attached hydrogens (tertiary/aromatic N) is 2. The van der Waals surface area contributed by atoms with Crippen molar-refractivity contribution in [1.82, 2.24) is 4.98 Å². The zero-order valence-corrected chi connectivity index (χ0v) is 19.2. The minimum atomic E-state index is 0.309. The Hall–Kier alpha value is -1.43. The first kappa shape index (κ1) is 19.9. The lowest BCUT2D eigenvalue weighted by atomic mass is 9.93. The van der Waals surface area contributed by atoms with Crippen molar-refractivity contribution in [2.45, 2.75) is 40.0 Å². The van der Waals surface area contributed by atoms with Gasteiger partial charge in [-0.25, -0.2) is 0 Å². The molecule has 148 valence electrons. The molecule has 1 aliphatic rings. The van der Waals surface area contributed by atoms with Gasteiger partial charge in [-0.05, 0) is 80.8 Å². The number of hydrogen-bond donors (Lipinski definition) is 1. The molecular formula is C23H27BrN2OS. The molecule has 0 unspecified atom stereocenters. The molecule has 0 saturated carbocycles. The van der Waals surface area contributed by atoms with Gasteiger partial charge in [0.1, 0.15) is 0 Å². The molecule has 0 bridgehead atoms. The minimum absolute atomic E-state index is 0.309. The Morgan fingerprint density at radius 2 is 1.82 bits per heavy atom. The minimum Gasteiger partial charge on any atom is -0.396 e. The van der Waals surface area contributed by atoms with Crippen LogP contribution in [0.15, 0.2) is 28.1 Å². The Balaban J connectivity index is 1.76. The number of pyridine rings is 1. The van der Waals surface area contributed by atoms with Gasteiger partial charge in [0.05, 0.1) is 15.9 Å². The highest BCUT2D eigenvalue weighted by Gasteiger charge is 2.23. The normalized spacial score (nSPS) is 15.5. The van der Waals surface area contributed by atoms with Gasteiger partial charge in [-0.2, -0.15) is 0 Å². The van der Waals surface area contributed by atoms with Gasteiger partial charge >= 0.3 is 0 Å². The first-order chi connectivity index (χ1) is 13.5. The smallest absolute Gasteiger partial charge is 0.0912 e. The highest BCUT2D eigenvalue weighted by atomic mass is 79.9. The van der Waals surface area contributed by atoms with E-state index in [0.717, 1.165) is 48.0 Å². The lowest BCUT2D eigenvalue weighted by molar-refractivity contribution is 0.240. The number of piperidine rings is 1. The first-order valence-corrected chi connectivity index (χ1v) is 11.7. The molecule has 1 aliphatic heterocycles. The van der Waals surface area contributed by atoms with Gasteiger partial charge in [-0.1, -0.05) is 15.9 Å². The van der Waals surface area contributed by atoms with E-state index in [1.54, 1.807) is 0 Å². The molecule has 3 aromatic rings.